The van der Waals surface area contributed by atoms with E-state index < -0.39 is 0 Å². The molecular weight excluding hydrogens is 172 g/mol. The lowest BCUT2D eigenvalue weighted by Crippen LogP contribution is -2.10. The van der Waals surface area contributed by atoms with Gasteiger partial charge in [0.15, 0.2) is 0 Å². The fourth-order valence-electron chi connectivity index (χ4n) is 1.44. The van der Waals surface area contributed by atoms with E-state index in [9.17, 15) is 4.79 Å². The Balaban J connectivity index is 2.37. The van der Waals surface area contributed by atoms with Crippen molar-refractivity contribution in [3.8, 4) is 0 Å². The fraction of sp³-hybridized carbons (Fsp3) is 0.462. The molecule has 0 heterocycles. The second kappa shape index (κ2) is 5.58. The van der Waals surface area contributed by atoms with Crippen molar-refractivity contribution < 1.29 is 4.79 Å². The van der Waals surface area contributed by atoms with E-state index in [-0.39, 0.29) is 5.92 Å². The van der Waals surface area contributed by atoms with Crippen LogP contribution in [-0.4, -0.2) is 6.29 Å². The van der Waals surface area contributed by atoms with Crippen LogP contribution in [0.25, 0.3) is 0 Å². The zero-order valence-corrected chi connectivity index (χ0v) is 8.94. The zero-order chi connectivity index (χ0) is 10.4. The molecule has 0 N–H and O–H groups in total. The molecule has 0 aliphatic heterocycles. The average Bonchev–Trinajstić information content (AvgIpc) is 2.26. The van der Waals surface area contributed by atoms with Crippen molar-refractivity contribution in [2.45, 2.75) is 26.7 Å². The maximum absolute atomic E-state index is 10.6. The molecular formula is C13H18O. The van der Waals surface area contributed by atoms with Crippen molar-refractivity contribution in [3.05, 3.63) is 35.9 Å². The number of hydrogen-bond donors (Lipinski definition) is 0. The van der Waals surface area contributed by atoms with Gasteiger partial charge < -0.3 is 4.79 Å². The van der Waals surface area contributed by atoms with Crippen LogP contribution in [0, 0.1) is 11.8 Å². The minimum absolute atomic E-state index is 0.179. The van der Waals surface area contributed by atoms with Gasteiger partial charge in [-0.2, -0.15) is 0 Å². The van der Waals surface area contributed by atoms with Crippen LogP contribution in [0.5, 0.6) is 0 Å². The highest BCUT2D eigenvalue weighted by molar-refractivity contribution is 5.53. The van der Waals surface area contributed by atoms with E-state index in [2.05, 4.69) is 31.2 Å². The number of carbonyl (C=O) groups excluding carboxylic acids is 1. The number of hydrogen-bond acceptors (Lipinski definition) is 1. The molecule has 1 heteroatoms. The van der Waals surface area contributed by atoms with Gasteiger partial charge in [-0.15, -0.1) is 0 Å². The van der Waals surface area contributed by atoms with Crippen molar-refractivity contribution in [3.63, 3.8) is 0 Å². The standard InChI is InChI=1S/C13H18O/c1-11(12(2)10-14)8-9-13-6-4-3-5-7-13/h3-7,10-12H,8-9H2,1-2H3/t11-,12-/m1/s1. The molecule has 0 fully saturated rings. The highest BCUT2D eigenvalue weighted by atomic mass is 16.1. The van der Waals surface area contributed by atoms with Gasteiger partial charge in [-0.3, -0.25) is 0 Å². The van der Waals surface area contributed by atoms with E-state index in [4.69, 9.17) is 0 Å². The van der Waals surface area contributed by atoms with Gasteiger partial charge in [0.25, 0.3) is 0 Å². The maximum atomic E-state index is 10.6. The van der Waals surface area contributed by atoms with Crippen LogP contribution in [0.3, 0.4) is 0 Å². The summed E-state index contributed by atoms with van der Waals surface area (Å²) in [6.07, 6.45) is 3.21. The quantitative estimate of drug-likeness (QED) is 0.652. The zero-order valence-electron chi connectivity index (χ0n) is 8.94. The molecule has 1 aromatic carbocycles. The average molecular weight is 190 g/mol. The lowest BCUT2D eigenvalue weighted by Gasteiger charge is -2.13. The Bertz CT molecular complexity index is 266. The highest BCUT2D eigenvalue weighted by Gasteiger charge is 2.10. The highest BCUT2D eigenvalue weighted by Crippen LogP contribution is 2.15. The van der Waals surface area contributed by atoms with Gasteiger partial charge in [0.1, 0.15) is 6.29 Å². The third-order valence-electron chi connectivity index (χ3n) is 2.84. The summed E-state index contributed by atoms with van der Waals surface area (Å²) < 4.78 is 0. The van der Waals surface area contributed by atoms with Gasteiger partial charge in [-0.1, -0.05) is 44.2 Å². The SMILES string of the molecule is C[C@H](C=O)[C@H](C)CCc1ccccc1. The molecule has 0 spiro atoms. The van der Waals surface area contributed by atoms with Gasteiger partial charge in [0.05, 0.1) is 0 Å². The van der Waals surface area contributed by atoms with E-state index in [0.717, 1.165) is 19.1 Å². The number of carbonyl (C=O) groups is 1. The number of rotatable bonds is 5. The largest absolute Gasteiger partial charge is 0.303 e. The molecule has 2 atom stereocenters. The first-order valence-corrected chi connectivity index (χ1v) is 5.23. The lowest BCUT2D eigenvalue weighted by atomic mass is 9.91. The molecule has 1 rings (SSSR count). The minimum Gasteiger partial charge on any atom is -0.303 e. The topological polar surface area (TPSA) is 17.1 Å². The first-order valence-electron chi connectivity index (χ1n) is 5.23. The monoisotopic (exact) mass is 190 g/mol. The van der Waals surface area contributed by atoms with Crippen molar-refractivity contribution in [2.75, 3.05) is 0 Å². The van der Waals surface area contributed by atoms with E-state index in [1.54, 1.807) is 0 Å². The summed E-state index contributed by atoms with van der Waals surface area (Å²) in [5, 5.41) is 0. The van der Waals surface area contributed by atoms with E-state index >= 15 is 0 Å². The Labute approximate surface area is 86.1 Å². The third-order valence-corrected chi connectivity index (χ3v) is 2.84. The molecule has 0 aromatic heterocycles. The van der Waals surface area contributed by atoms with Crippen molar-refractivity contribution in [2.24, 2.45) is 11.8 Å². The molecule has 0 bridgehead atoms. The second-order valence-electron chi connectivity index (χ2n) is 4.00. The Hall–Kier alpha value is -1.11. The summed E-state index contributed by atoms with van der Waals surface area (Å²) in [6.45, 7) is 4.13. The first-order chi connectivity index (χ1) is 6.74. The number of benzene rings is 1. The van der Waals surface area contributed by atoms with Gasteiger partial charge in [0, 0.05) is 5.92 Å². The second-order valence-corrected chi connectivity index (χ2v) is 4.00. The summed E-state index contributed by atoms with van der Waals surface area (Å²) in [5.74, 6) is 0.659. The Morgan fingerprint density at radius 2 is 1.86 bits per heavy atom. The molecule has 0 unspecified atom stereocenters. The Kier molecular flexibility index (Phi) is 4.37. The van der Waals surface area contributed by atoms with Crippen LogP contribution in [0.1, 0.15) is 25.8 Å². The molecule has 0 amide bonds. The molecule has 0 saturated carbocycles. The van der Waals surface area contributed by atoms with Crippen molar-refractivity contribution in [1.82, 2.24) is 0 Å². The van der Waals surface area contributed by atoms with Crippen molar-refractivity contribution in [1.29, 1.82) is 0 Å². The van der Waals surface area contributed by atoms with Gasteiger partial charge in [-0.25, -0.2) is 0 Å². The summed E-state index contributed by atoms with van der Waals surface area (Å²) in [7, 11) is 0. The molecule has 0 aliphatic rings. The maximum Gasteiger partial charge on any atom is 0.123 e. The third kappa shape index (κ3) is 3.33. The van der Waals surface area contributed by atoms with E-state index in [1.807, 2.05) is 13.0 Å². The molecule has 0 saturated heterocycles. The molecule has 1 nitrogen and oxygen atoms in total. The Morgan fingerprint density at radius 1 is 1.21 bits per heavy atom. The molecule has 0 radical (unpaired) electrons. The van der Waals surface area contributed by atoms with Crippen LogP contribution in [0.15, 0.2) is 30.3 Å². The fourth-order valence-corrected chi connectivity index (χ4v) is 1.44. The normalized spacial score (nSPS) is 14.7. The summed E-state index contributed by atoms with van der Waals surface area (Å²) >= 11 is 0. The molecule has 14 heavy (non-hydrogen) atoms. The smallest absolute Gasteiger partial charge is 0.123 e. The predicted molar refractivity (Wildman–Crippen MR) is 59.2 cm³/mol. The molecule has 0 aliphatic carbocycles. The van der Waals surface area contributed by atoms with Crippen LogP contribution < -0.4 is 0 Å². The van der Waals surface area contributed by atoms with E-state index in [1.165, 1.54) is 5.56 Å². The van der Waals surface area contributed by atoms with Crippen LogP contribution in [-0.2, 0) is 11.2 Å². The van der Waals surface area contributed by atoms with Crippen LogP contribution >= 0.6 is 0 Å². The van der Waals surface area contributed by atoms with Crippen LogP contribution in [0.4, 0.5) is 0 Å². The lowest BCUT2D eigenvalue weighted by molar-refractivity contribution is -0.111. The number of aldehydes is 1. The molecule has 1 aromatic rings. The van der Waals surface area contributed by atoms with Gasteiger partial charge >= 0.3 is 0 Å². The minimum atomic E-state index is 0.179. The first kappa shape index (κ1) is 11.0. The number of aryl methyl sites for hydroxylation is 1. The van der Waals surface area contributed by atoms with Gasteiger partial charge in [-0.05, 0) is 24.3 Å². The summed E-state index contributed by atoms with van der Waals surface area (Å²) in [5.41, 5.74) is 1.36. The summed E-state index contributed by atoms with van der Waals surface area (Å²) in [6, 6.07) is 10.4. The van der Waals surface area contributed by atoms with Crippen LogP contribution in [0.2, 0.25) is 0 Å². The predicted octanol–water partition coefficient (Wildman–Crippen LogP) is 3.09. The van der Waals surface area contributed by atoms with Gasteiger partial charge in [0.2, 0.25) is 0 Å². The Morgan fingerprint density at radius 3 is 2.43 bits per heavy atom. The molecule has 76 valence electrons. The van der Waals surface area contributed by atoms with E-state index in [0.29, 0.717) is 5.92 Å². The van der Waals surface area contributed by atoms with Crippen molar-refractivity contribution >= 4 is 6.29 Å². The summed E-state index contributed by atoms with van der Waals surface area (Å²) in [4.78, 5) is 10.6.